The Kier molecular flexibility index (Phi) is 6.56. The van der Waals surface area contributed by atoms with Crippen molar-refractivity contribution in [1.29, 1.82) is 0 Å². The Balaban J connectivity index is 1.51. The van der Waals surface area contributed by atoms with Gasteiger partial charge in [0, 0.05) is 27.6 Å². The molecule has 0 bridgehead atoms. The van der Waals surface area contributed by atoms with Crippen molar-refractivity contribution in [3.05, 3.63) is 70.9 Å². The molecule has 1 unspecified atom stereocenters. The first-order valence-electron chi connectivity index (χ1n) is 10.7. The summed E-state index contributed by atoms with van der Waals surface area (Å²) >= 11 is 1.35. The maximum Gasteiger partial charge on any atom is 0.313 e. The fourth-order valence-corrected chi connectivity index (χ4v) is 5.06. The Morgan fingerprint density at radius 1 is 1.16 bits per heavy atom. The Labute approximate surface area is 186 Å². The van der Waals surface area contributed by atoms with Crippen molar-refractivity contribution in [3.8, 4) is 0 Å². The van der Waals surface area contributed by atoms with Crippen LogP contribution < -0.4 is 5.32 Å². The molecule has 1 heterocycles. The number of benzene rings is 2. The fraction of sp³-hybridized carbons (Fsp3) is 0.320. The molecule has 1 aliphatic rings. The highest BCUT2D eigenvalue weighted by molar-refractivity contribution is 8.00. The van der Waals surface area contributed by atoms with Crippen LogP contribution in [-0.4, -0.2) is 33.8 Å². The zero-order valence-electron chi connectivity index (χ0n) is 17.6. The summed E-state index contributed by atoms with van der Waals surface area (Å²) in [5, 5.41) is 13.1. The van der Waals surface area contributed by atoms with Gasteiger partial charge < -0.3 is 10.4 Å². The van der Waals surface area contributed by atoms with E-state index in [0.29, 0.717) is 5.56 Å². The maximum absolute atomic E-state index is 12.8. The van der Waals surface area contributed by atoms with Crippen LogP contribution in [0.4, 0.5) is 0 Å². The lowest BCUT2D eigenvalue weighted by molar-refractivity contribution is -0.133. The number of nitrogens with one attached hydrogen (secondary N) is 1. The molecular weight excluding hydrogens is 408 g/mol. The van der Waals surface area contributed by atoms with Gasteiger partial charge in [-0.3, -0.25) is 14.6 Å². The monoisotopic (exact) mass is 434 g/mol. The summed E-state index contributed by atoms with van der Waals surface area (Å²) in [5.74, 6) is -0.918. The van der Waals surface area contributed by atoms with Gasteiger partial charge in [0.25, 0.3) is 5.91 Å². The minimum absolute atomic E-state index is 0.0206. The van der Waals surface area contributed by atoms with E-state index in [-0.39, 0.29) is 17.7 Å². The number of aromatic nitrogens is 1. The Morgan fingerprint density at radius 2 is 1.97 bits per heavy atom. The van der Waals surface area contributed by atoms with Crippen LogP contribution in [0.25, 0.3) is 10.9 Å². The molecule has 1 atom stereocenters. The second-order valence-corrected chi connectivity index (χ2v) is 9.02. The van der Waals surface area contributed by atoms with Crippen molar-refractivity contribution in [3.63, 3.8) is 0 Å². The first-order chi connectivity index (χ1) is 15.0. The molecule has 160 valence electrons. The standard InChI is InChI=1S/C25H26N2O3S/c1-16(10-11-17-6-3-2-4-7-17)26-25(30)18-12-13-20-22(14-18)27-21-9-5-8-19(21)24(20)31-15-23(28)29/h2-4,6-7,12-14,16H,5,8-11,15H2,1H3,(H,26,30)(H,28,29). The van der Waals surface area contributed by atoms with E-state index in [2.05, 4.69) is 17.4 Å². The molecule has 1 aliphatic carbocycles. The lowest BCUT2D eigenvalue weighted by Gasteiger charge is -2.15. The highest BCUT2D eigenvalue weighted by atomic mass is 32.2. The molecule has 1 aromatic heterocycles. The van der Waals surface area contributed by atoms with Crippen molar-refractivity contribution in [2.45, 2.75) is 50.0 Å². The molecule has 0 fully saturated rings. The van der Waals surface area contributed by atoms with Gasteiger partial charge in [-0.25, -0.2) is 0 Å². The van der Waals surface area contributed by atoms with Crippen LogP contribution in [0.5, 0.6) is 0 Å². The first-order valence-corrected chi connectivity index (χ1v) is 11.6. The molecular formula is C25H26N2O3S. The van der Waals surface area contributed by atoms with Gasteiger partial charge in [0.15, 0.2) is 0 Å². The summed E-state index contributed by atoms with van der Waals surface area (Å²) in [4.78, 5) is 29.7. The summed E-state index contributed by atoms with van der Waals surface area (Å²) in [6.45, 7) is 2.02. The SMILES string of the molecule is CC(CCc1ccccc1)NC(=O)c1ccc2c(SCC(=O)O)c3c(nc2c1)CCC3. The molecule has 3 aromatic rings. The second-order valence-electron chi connectivity index (χ2n) is 8.03. The van der Waals surface area contributed by atoms with Crippen LogP contribution in [0.1, 0.15) is 46.9 Å². The van der Waals surface area contributed by atoms with Crippen molar-refractivity contribution < 1.29 is 14.7 Å². The zero-order valence-corrected chi connectivity index (χ0v) is 18.4. The first kappa shape index (κ1) is 21.4. The maximum atomic E-state index is 12.8. The summed E-state index contributed by atoms with van der Waals surface area (Å²) in [5.41, 5.74) is 4.82. The number of thioether (sulfide) groups is 1. The molecule has 0 saturated carbocycles. The number of hydrogen-bond acceptors (Lipinski definition) is 4. The smallest absolute Gasteiger partial charge is 0.313 e. The molecule has 2 N–H and O–H groups in total. The van der Waals surface area contributed by atoms with Gasteiger partial charge in [0.05, 0.1) is 11.3 Å². The third kappa shape index (κ3) is 5.07. The van der Waals surface area contributed by atoms with Crippen molar-refractivity contribution in [2.75, 3.05) is 5.75 Å². The molecule has 0 radical (unpaired) electrons. The largest absolute Gasteiger partial charge is 0.481 e. The van der Waals surface area contributed by atoms with Gasteiger partial charge in [0.1, 0.15) is 0 Å². The number of pyridine rings is 1. The second kappa shape index (κ2) is 9.52. The topological polar surface area (TPSA) is 79.3 Å². The highest BCUT2D eigenvalue weighted by Crippen LogP contribution is 2.37. The lowest BCUT2D eigenvalue weighted by atomic mass is 10.0. The summed E-state index contributed by atoms with van der Waals surface area (Å²) in [6, 6.07) is 15.9. The van der Waals surface area contributed by atoms with E-state index in [1.54, 1.807) is 0 Å². The Bertz CT molecular complexity index is 1110. The number of nitrogens with zero attached hydrogens (tertiary/aromatic N) is 1. The van der Waals surface area contributed by atoms with Crippen LogP contribution >= 0.6 is 11.8 Å². The highest BCUT2D eigenvalue weighted by Gasteiger charge is 2.21. The number of carboxylic acids is 1. The molecule has 2 aromatic carbocycles. The van der Waals surface area contributed by atoms with E-state index in [0.717, 1.165) is 53.6 Å². The molecule has 31 heavy (non-hydrogen) atoms. The number of amides is 1. The molecule has 0 saturated heterocycles. The van der Waals surface area contributed by atoms with Gasteiger partial charge in [-0.1, -0.05) is 36.4 Å². The third-order valence-corrected chi connectivity index (χ3v) is 6.80. The minimum atomic E-state index is -0.831. The summed E-state index contributed by atoms with van der Waals surface area (Å²) in [7, 11) is 0. The molecule has 0 spiro atoms. The third-order valence-electron chi connectivity index (χ3n) is 5.65. The minimum Gasteiger partial charge on any atom is -0.481 e. The van der Waals surface area contributed by atoms with Crippen LogP contribution in [0.2, 0.25) is 0 Å². The van der Waals surface area contributed by atoms with Crippen molar-refractivity contribution in [2.24, 2.45) is 0 Å². The van der Waals surface area contributed by atoms with Crippen molar-refractivity contribution >= 4 is 34.5 Å². The van der Waals surface area contributed by atoms with E-state index in [4.69, 9.17) is 10.1 Å². The van der Waals surface area contributed by atoms with Crippen molar-refractivity contribution in [1.82, 2.24) is 10.3 Å². The van der Waals surface area contributed by atoms with E-state index in [9.17, 15) is 9.59 Å². The van der Waals surface area contributed by atoms with Gasteiger partial charge in [-0.05, 0) is 62.3 Å². The molecule has 6 heteroatoms. The summed E-state index contributed by atoms with van der Waals surface area (Å²) in [6.07, 6.45) is 4.65. The lowest BCUT2D eigenvalue weighted by Crippen LogP contribution is -2.32. The molecule has 4 rings (SSSR count). The van der Waals surface area contributed by atoms with Crippen LogP contribution in [0.15, 0.2) is 53.4 Å². The van der Waals surface area contributed by atoms with Crippen LogP contribution in [0, 0.1) is 0 Å². The average Bonchev–Trinajstić information content (AvgIpc) is 3.23. The van der Waals surface area contributed by atoms with E-state index < -0.39 is 5.97 Å². The average molecular weight is 435 g/mol. The number of carbonyl (C=O) groups excluding carboxylic acids is 1. The number of rotatable bonds is 8. The number of hydrogen-bond donors (Lipinski definition) is 2. The van der Waals surface area contributed by atoms with E-state index >= 15 is 0 Å². The van der Waals surface area contributed by atoms with Crippen LogP contribution in [-0.2, 0) is 24.1 Å². The van der Waals surface area contributed by atoms with Gasteiger partial charge in [-0.15, -0.1) is 11.8 Å². The zero-order chi connectivity index (χ0) is 21.8. The quantitative estimate of drug-likeness (QED) is 0.505. The predicted octanol–water partition coefficient (Wildman–Crippen LogP) is 4.65. The van der Waals surface area contributed by atoms with E-state index in [1.807, 2.05) is 43.3 Å². The fourth-order valence-electron chi connectivity index (χ4n) is 4.07. The number of fused-ring (bicyclic) bond motifs is 2. The number of aliphatic carboxylic acids is 1. The predicted molar refractivity (Wildman–Crippen MR) is 124 cm³/mol. The van der Waals surface area contributed by atoms with Crippen LogP contribution in [0.3, 0.4) is 0 Å². The number of aryl methyl sites for hydroxylation is 2. The Hall–Kier alpha value is -2.86. The van der Waals surface area contributed by atoms with E-state index in [1.165, 1.54) is 22.9 Å². The number of carboxylic acid groups (broad SMARTS) is 1. The molecule has 5 nitrogen and oxygen atoms in total. The van der Waals surface area contributed by atoms with Gasteiger partial charge in [0.2, 0.25) is 0 Å². The normalized spacial score (nSPS) is 13.7. The number of carbonyl (C=O) groups is 2. The molecule has 0 aliphatic heterocycles. The summed E-state index contributed by atoms with van der Waals surface area (Å²) < 4.78 is 0. The Morgan fingerprint density at radius 3 is 2.74 bits per heavy atom. The van der Waals surface area contributed by atoms with Gasteiger partial charge in [-0.2, -0.15) is 0 Å². The molecule has 1 amide bonds. The van der Waals surface area contributed by atoms with Gasteiger partial charge >= 0.3 is 5.97 Å².